The van der Waals surface area contributed by atoms with Crippen LogP contribution in [0.15, 0.2) is 65.7 Å². The summed E-state index contributed by atoms with van der Waals surface area (Å²) in [6, 6.07) is 17.3. The number of pyridine rings is 1. The lowest BCUT2D eigenvalue weighted by atomic mass is 10.1. The SMILES string of the molecule is CC[C@@H]1S[C@H](c2ccccc2C)N(CCN2CCN(S(=O)(=O)c3cccc4cccnc34)CC2)C1=O. The number of hydrogen-bond donors (Lipinski definition) is 0. The molecule has 2 atom stereocenters. The molecule has 7 nitrogen and oxygen atoms in total. The molecule has 0 saturated carbocycles. The number of aromatic nitrogens is 1. The monoisotopic (exact) mass is 524 g/mol. The van der Waals surface area contributed by atoms with Gasteiger partial charge in [0.2, 0.25) is 15.9 Å². The molecule has 2 aliphatic heterocycles. The summed E-state index contributed by atoms with van der Waals surface area (Å²) in [7, 11) is -3.64. The van der Waals surface area contributed by atoms with Crippen molar-refractivity contribution in [2.45, 2.75) is 35.8 Å². The van der Waals surface area contributed by atoms with Crippen LogP contribution in [0, 0.1) is 6.92 Å². The van der Waals surface area contributed by atoms with Crippen LogP contribution in [0.2, 0.25) is 0 Å². The van der Waals surface area contributed by atoms with Crippen molar-refractivity contribution in [3.05, 3.63) is 71.9 Å². The van der Waals surface area contributed by atoms with Crippen molar-refractivity contribution in [2.75, 3.05) is 39.3 Å². The van der Waals surface area contributed by atoms with Crippen molar-refractivity contribution in [1.82, 2.24) is 19.1 Å². The van der Waals surface area contributed by atoms with Gasteiger partial charge >= 0.3 is 0 Å². The minimum atomic E-state index is -3.64. The standard InChI is InChI=1S/C27H32N4O3S2/c1-3-23-26(32)31(27(35-23)22-11-5-4-8-20(22)2)19-16-29-14-17-30(18-15-29)36(33,34)24-12-6-9-21-10-7-13-28-25(21)24/h4-13,23,27H,3,14-19H2,1-2H3/t23-,27+/m0/s1. The highest BCUT2D eigenvalue weighted by Gasteiger charge is 2.40. The summed E-state index contributed by atoms with van der Waals surface area (Å²) >= 11 is 1.75. The third-order valence-electron chi connectivity index (χ3n) is 7.16. The summed E-state index contributed by atoms with van der Waals surface area (Å²) in [5.74, 6) is 0.209. The number of hydrogen-bond acceptors (Lipinski definition) is 6. The van der Waals surface area contributed by atoms with Gasteiger partial charge in [-0.3, -0.25) is 14.7 Å². The molecule has 0 spiro atoms. The van der Waals surface area contributed by atoms with Gasteiger partial charge in [-0.05, 0) is 36.6 Å². The summed E-state index contributed by atoms with van der Waals surface area (Å²) in [6.07, 6.45) is 2.45. The van der Waals surface area contributed by atoms with E-state index in [1.54, 1.807) is 34.4 Å². The van der Waals surface area contributed by atoms with Crippen LogP contribution in [0.3, 0.4) is 0 Å². The van der Waals surface area contributed by atoms with E-state index in [4.69, 9.17) is 0 Å². The van der Waals surface area contributed by atoms with Crippen molar-refractivity contribution in [3.8, 4) is 0 Å². The van der Waals surface area contributed by atoms with E-state index >= 15 is 0 Å². The van der Waals surface area contributed by atoms with E-state index in [2.05, 4.69) is 35.9 Å². The summed E-state index contributed by atoms with van der Waals surface area (Å²) in [4.78, 5) is 22.0. The van der Waals surface area contributed by atoms with Gasteiger partial charge < -0.3 is 4.90 Å². The molecule has 36 heavy (non-hydrogen) atoms. The van der Waals surface area contributed by atoms with Gasteiger partial charge in [-0.2, -0.15) is 4.31 Å². The van der Waals surface area contributed by atoms with Crippen molar-refractivity contribution >= 4 is 38.6 Å². The highest BCUT2D eigenvalue weighted by Crippen LogP contribution is 2.44. The van der Waals surface area contributed by atoms with E-state index < -0.39 is 10.0 Å². The first-order valence-electron chi connectivity index (χ1n) is 12.5. The Balaban J connectivity index is 1.24. The lowest BCUT2D eigenvalue weighted by Crippen LogP contribution is -2.50. The zero-order valence-electron chi connectivity index (χ0n) is 20.7. The van der Waals surface area contributed by atoms with Crippen LogP contribution in [0.4, 0.5) is 0 Å². The van der Waals surface area contributed by atoms with Gasteiger partial charge in [-0.25, -0.2) is 8.42 Å². The number of rotatable bonds is 7. The van der Waals surface area contributed by atoms with Gasteiger partial charge in [0.1, 0.15) is 10.3 Å². The molecule has 5 rings (SSSR count). The van der Waals surface area contributed by atoms with Crippen LogP contribution >= 0.6 is 11.8 Å². The first kappa shape index (κ1) is 25.2. The Kier molecular flexibility index (Phi) is 7.35. The van der Waals surface area contributed by atoms with Crippen LogP contribution in [0.5, 0.6) is 0 Å². The first-order valence-corrected chi connectivity index (χ1v) is 14.9. The second-order valence-corrected chi connectivity index (χ2v) is 12.5. The molecular weight excluding hydrogens is 492 g/mol. The van der Waals surface area contributed by atoms with E-state index in [1.807, 2.05) is 35.2 Å². The predicted molar refractivity (Wildman–Crippen MR) is 144 cm³/mol. The molecule has 9 heteroatoms. The summed E-state index contributed by atoms with van der Waals surface area (Å²) in [5.41, 5.74) is 2.91. The van der Waals surface area contributed by atoms with Crippen LogP contribution in [-0.4, -0.2) is 77.9 Å². The molecule has 2 fully saturated rings. The number of nitrogens with zero attached hydrogens (tertiary/aromatic N) is 4. The fourth-order valence-corrected chi connectivity index (χ4v) is 8.17. The molecule has 2 saturated heterocycles. The number of piperazine rings is 1. The van der Waals surface area contributed by atoms with E-state index in [1.165, 1.54) is 11.1 Å². The Labute approximate surface area is 217 Å². The number of carbonyl (C=O) groups excluding carboxylic acids is 1. The molecule has 2 aromatic carbocycles. The second-order valence-electron chi connectivity index (χ2n) is 9.35. The Bertz CT molecular complexity index is 1350. The third-order valence-corrected chi connectivity index (χ3v) is 10.7. The van der Waals surface area contributed by atoms with Crippen LogP contribution in [0.25, 0.3) is 10.9 Å². The number of fused-ring (bicyclic) bond motifs is 1. The van der Waals surface area contributed by atoms with E-state index in [0.717, 1.165) is 18.4 Å². The Morgan fingerprint density at radius 3 is 2.47 bits per heavy atom. The molecule has 0 N–H and O–H groups in total. The van der Waals surface area contributed by atoms with E-state index in [9.17, 15) is 13.2 Å². The maximum Gasteiger partial charge on any atom is 0.245 e. The number of amides is 1. The van der Waals surface area contributed by atoms with Crippen molar-refractivity contribution < 1.29 is 13.2 Å². The first-order chi connectivity index (χ1) is 17.4. The maximum absolute atomic E-state index is 13.4. The highest BCUT2D eigenvalue weighted by molar-refractivity contribution is 8.01. The normalized spacial score (nSPS) is 21.9. The second kappa shape index (κ2) is 10.5. The molecule has 0 aliphatic carbocycles. The van der Waals surface area contributed by atoms with E-state index in [-0.39, 0.29) is 21.4 Å². The van der Waals surface area contributed by atoms with Gasteiger partial charge in [-0.1, -0.05) is 49.4 Å². The average molecular weight is 525 g/mol. The molecule has 0 unspecified atom stereocenters. The summed E-state index contributed by atoms with van der Waals surface area (Å²) < 4.78 is 28.4. The summed E-state index contributed by atoms with van der Waals surface area (Å²) in [6.45, 7) is 7.66. The van der Waals surface area contributed by atoms with Crippen LogP contribution in [-0.2, 0) is 14.8 Å². The van der Waals surface area contributed by atoms with Gasteiger partial charge in [0.25, 0.3) is 0 Å². The highest BCUT2D eigenvalue weighted by atomic mass is 32.2. The van der Waals surface area contributed by atoms with Gasteiger partial charge in [0, 0.05) is 50.9 Å². The van der Waals surface area contributed by atoms with Crippen molar-refractivity contribution in [2.24, 2.45) is 0 Å². The fraction of sp³-hybridized carbons (Fsp3) is 0.407. The smallest absolute Gasteiger partial charge is 0.245 e. The number of sulfonamides is 1. The van der Waals surface area contributed by atoms with Crippen LogP contribution in [0.1, 0.15) is 29.8 Å². The molecule has 0 bridgehead atoms. The lowest BCUT2D eigenvalue weighted by molar-refractivity contribution is -0.130. The molecule has 3 aromatic rings. The predicted octanol–water partition coefficient (Wildman–Crippen LogP) is 3.90. The maximum atomic E-state index is 13.4. The largest absolute Gasteiger partial charge is 0.324 e. The van der Waals surface area contributed by atoms with Gasteiger partial charge in [-0.15, -0.1) is 11.8 Å². The molecule has 0 radical (unpaired) electrons. The average Bonchev–Trinajstić information content (AvgIpc) is 3.22. The Hall–Kier alpha value is -2.46. The number of benzene rings is 2. The quantitative estimate of drug-likeness (QED) is 0.467. The molecule has 1 aromatic heterocycles. The fourth-order valence-electron chi connectivity index (χ4n) is 5.06. The summed E-state index contributed by atoms with van der Waals surface area (Å²) in [5, 5.41) is 0.842. The Morgan fingerprint density at radius 2 is 1.72 bits per heavy atom. The van der Waals surface area contributed by atoms with E-state index in [0.29, 0.717) is 38.2 Å². The molecular formula is C27H32N4O3S2. The zero-order valence-corrected chi connectivity index (χ0v) is 22.3. The molecule has 3 heterocycles. The number of para-hydroxylation sites is 1. The zero-order chi connectivity index (χ0) is 25.3. The number of thioether (sulfide) groups is 1. The Morgan fingerprint density at radius 1 is 0.972 bits per heavy atom. The molecule has 190 valence electrons. The molecule has 2 aliphatic rings. The number of carbonyl (C=O) groups is 1. The third kappa shape index (κ3) is 4.77. The topological polar surface area (TPSA) is 73.8 Å². The van der Waals surface area contributed by atoms with Crippen molar-refractivity contribution in [3.63, 3.8) is 0 Å². The minimum absolute atomic E-state index is 0.00842. The van der Waals surface area contributed by atoms with Crippen LogP contribution < -0.4 is 0 Å². The lowest BCUT2D eigenvalue weighted by Gasteiger charge is -2.35. The van der Waals surface area contributed by atoms with Gasteiger partial charge in [0.05, 0.1) is 10.8 Å². The minimum Gasteiger partial charge on any atom is -0.324 e. The van der Waals surface area contributed by atoms with Crippen molar-refractivity contribution in [1.29, 1.82) is 0 Å². The molecule has 1 amide bonds. The van der Waals surface area contributed by atoms with Gasteiger partial charge in [0.15, 0.2) is 0 Å². The number of aryl methyl sites for hydroxylation is 1.